The number of ether oxygens (including phenoxy) is 1. The number of hydrogen-bond donors (Lipinski definition) is 1. The number of carbonyl (C=O) groups is 1. The molecule has 2 N–H and O–H groups in total. The molecule has 1 aliphatic rings. The third kappa shape index (κ3) is 3.26. The Kier molecular flexibility index (Phi) is 3.42. The quantitative estimate of drug-likeness (QED) is 0.691. The number of carbonyl (C=O) groups excluding carboxylic acids is 1. The Balaban J connectivity index is 1.73. The van der Waals surface area contributed by atoms with Gasteiger partial charge in [0.15, 0.2) is 0 Å². The number of anilines is 1. The fourth-order valence-corrected chi connectivity index (χ4v) is 2.97. The predicted octanol–water partition coefficient (Wildman–Crippen LogP) is 3.74. The Morgan fingerprint density at radius 2 is 2.05 bits per heavy atom. The summed E-state index contributed by atoms with van der Waals surface area (Å²) in [6, 6.07) is 8.04. The molecular weight excluding hydrogens is 276 g/mol. The molecule has 3 rings (SSSR count). The summed E-state index contributed by atoms with van der Waals surface area (Å²) in [7, 11) is 0. The minimum Gasteiger partial charge on any atom is -0.460 e. The molecule has 1 aliphatic carbocycles. The van der Waals surface area contributed by atoms with Gasteiger partial charge < -0.3 is 15.0 Å². The summed E-state index contributed by atoms with van der Waals surface area (Å²) in [4.78, 5) is 12.1. The molecule has 1 aromatic carbocycles. The second-order valence-corrected chi connectivity index (χ2v) is 7.53. The molecule has 0 bridgehead atoms. The van der Waals surface area contributed by atoms with Crippen molar-refractivity contribution < 1.29 is 9.53 Å². The minimum atomic E-state index is -0.412. The number of aromatic nitrogens is 1. The van der Waals surface area contributed by atoms with Crippen molar-refractivity contribution in [2.75, 3.05) is 5.73 Å². The Labute approximate surface area is 131 Å². The van der Waals surface area contributed by atoms with Gasteiger partial charge in [0.2, 0.25) is 0 Å². The lowest BCUT2D eigenvalue weighted by Gasteiger charge is -2.22. The second-order valence-electron chi connectivity index (χ2n) is 7.53. The lowest BCUT2D eigenvalue weighted by molar-refractivity contribution is -0.156. The third-order valence-corrected chi connectivity index (χ3v) is 4.20. The topological polar surface area (TPSA) is 57.2 Å². The fraction of sp³-hybridized carbons (Fsp3) is 0.500. The number of fused-ring (bicyclic) bond motifs is 1. The van der Waals surface area contributed by atoms with Crippen molar-refractivity contribution in [3.8, 4) is 0 Å². The number of benzene rings is 1. The van der Waals surface area contributed by atoms with Gasteiger partial charge in [0, 0.05) is 29.3 Å². The third-order valence-electron chi connectivity index (χ3n) is 4.20. The lowest BCUT2D eigenvalue weighted by atomic mass is 10.0. The van der Waals surface area contributed by atoms with E-state index in [4.69, 9.17) is 10.5 Å². The summed E-state index contributed by atoms with van der Waals surface area (Å²) >= 11 is 0. The Morgan fingerprint density at radius 1 is 1.32 bits per heavy atom. The van der Waals surface area contributed by atoms with Crippen LogP contribution in [0.1, 0.15) is 40.0 Å². The molecule has 4 nitrogen and oxygen atoms in total. The average Bonchev–Trinajstić information content (AvgIpc) is 3.00. The van der Waals surface area contributed by atoms with Crippen LogP contribution >= 0.6 is 0 Å². The van der Waals surface area contributed by atoms with Gasteiger partial charge in [-0.1, -0.05) is 0 Å². The van der Waals surface area contributed by atoms with Gasteiger partial charge in [-0.3, -0.25) is 4.79 Å². The Bertz CT molecular complexity index is 705. The van der Waals surface area contributed by atoms with Crippen LogP contribution in [0.2, 0.25) is 0 Å². The largest absolute Gasteiger partial charge is 0.460 e. The molecule has 1 saturated carbocycles. The van der Waals surface area contributed by atoms with E-state index in [1.807, 2.05) is 39.0 Å². The molecule has 1 fully saturated rings. The Morgan fingerprint density at radius 3 is 2.68 bits per heavy atom. The first-order valence-corrected chi connectivity index (χ1v) is 7.83. The number of esters is 1. The number of hydrogen-bond acceptors (Lipinski definition) is 3. The van der Waals surface area contributed by atoms with E-state index in [0.717, 1.165) is 30.5 Å². The maximum Gasteiger partial charge on any atom is 0.306 e. The number of rotatable bonds is 4. The highest BCUT2D eigenvalue weighted by molar-refractivity contribution is 5.83. The lowest BCUT2D eigenvalue weighted by Crippen LogP contribution is -2.26. The van der Waals surface area contributed by atoms with Crippen LogP contribution in [0.15, 0.2) is 30.5 Å². The van der Waals surface area contributed by atoms with Crippen LogP contribution in [0.4, 0.5) is 5.69 Å². The first-order chi connectivity index (χ1) is 10.3. The average molecular weight is 300 g/mol. The van der Waals surface area contributed by atoms with Crippen molar-refractivity contribution >= 4 is 22.6 Å². The van der Waals surface area contributed by atoms with Crippen LogP contribution in [0.25, 0.3) is 10.9 Å². The van der Waals surface area contributed by atoms with E-state index in [9.17, 15) is 4.79 Å². The summed E-state index contributed by atoms with van der Waals surface area (Å²) < 4.78 is 7.70. The van der Waals surface area contributed by atoms with Crippen LogP contribution in [-0.4, -0.2) is 16.1 Å². The second kappa shape index (κ2) is 5.04. The SMILES string of the molecule is CC(C)(C)OC(=O)CC1(Cn2ccc3cc(N)ccc32)CC1. The first-order valence-electron chi connectivity index (χ1n) is 7.83. The van der Waals surface area contributed by atoms with Gasteiger partial charge >= 0.3 is 5.97 Å². The molecule has 0 radical (unpaired) electrons. The molecule has 1 aromatic heterocycles. The summed E-state index contributed by atoms with van der Waals surface area (Å²) in [6.07, 6.45) is 4.75. The predicted molar refractivity (Wildman–Crippen MR) is 88.5 cm³/mol. The summed E-state index contributed by atoms with van der Waals surface area (Å²) in [5.41, 5.74) is 7.43. The van der Waals surface area contributed by atoms with E-state index in [1.54, 1.807) is 0 Å². The van der Waals surface area contributed by atoms with E-state index in [2.05, 4.69) is 16.8 Å². The highest BCUT2D eigenvalue weighted by Gasteiger charge is 2.45. The van der Waals surface area contributed by atoms with E-state index < -0.39 is 5.60 Å². The molecular formula is C18H24N2O2. The van der Waals surface area contributed by atoms with Gasteiger partial charge in [-0.15, -0.1) is 0 Å². The van der Waals surface area contributed by atoms with Crippen LogP contribution in [0, 0.1) is 5.41 Å². The summed E-state index contributed by atoms with van der Waals surface area (Å²) in [6.45, 7) is 6.59. The smallest absolute Gasteiger partial charge is 0.306 e. The van der Waals surface area contributed by atoms with Crippen molar-refractivity contribution in [1.29, 1.82) is 0 Å². The van der Waals surface area contributed by atoms with Crippen molar-refractivity contribution in [3.63, 3.8) is 0 Å². The van der Waals surface area contributed by atoms with E-state index >= 15 is 0 Å². The van der Waals surface area contributed by atoms with Crippen molar-refractivity contribution in [2.24, 2.45) is 5.41 Å². The van der Waals surface area contributed by atoms with Crippen LogP contribution < -0.4 is 5.73 Å². The van der Waals surface area contributed by atoms with Gasteiger partial charge in [0.25, 0.3) is 0 Å². The standard InChI is InChI=1S/C18H24N2O2/c1-17(2,3)22-16(21)11-18(7-8-18)12-20-9-6-13-10-14(19)4-5-15(13)20/h4-6,9-10H,7-8,11-12,19H2,1-3H3. The van der Waals surface area contributed by atoms with Crippen LogP contribution in [-0.2, 0) is 16.1 Å². The maximum atomic E-state index is 12.1. The highest BCUT2D eigenvalue weighted by Crippen LogP contribution is 2.51. The van der Waals surface area contributed by atoms with E-state index in [0.29, 0.717) is 6.42 Å². The molecule has 0 atom stereocenters. The molecule has 0 saturated heterocycles. The monoisotopic (exact) mass is 300 g/mol. The van der Waals surface area contributed by atoms with Crippen molar-refractivity contribution in [1.82, 2.24) is 4.57 Å². The van der Waals surface area contributed by atoms with Gasteiger partial charge in [-0.05, 0) is 63.3 Å². The van der Waals surface area contributed by atoms with Crippen molar-refractivity contribution in [3.05, 3.63) is 30.5 Å². The molecule has 2 aromatic rings. The molecule has 0 aliphatic heterocycles. The maximum absolute atomic E-state index is 12.1. The van der Waals surface area contributed by atoms with Gasteiger partial charge in [-0.2, -0.15) is 0 Å². The van der Waals surface area contributed by atoms with E-state index in [1.165, 1.54) is 5.52 Å². The molecule has 0 amide bonds. The zero-order chi connectivity index (χ0) is 16.0. The van der Waals surface area contributed by atoms with E-state index in [-0.39, 0.29) is 11.4 Å². The zero-order valence-electron chi connectivity index (χ0n) is 13.6. The van der Waals surface area contributed by atoms with Gasteiger partial charge in [0.1, 0.15) is 5.60 Å². The molecule has 0 spiro atoms. The Hall–Kier alpha value is -1.97. The van der Waals surface area contributed by atoms with Crippen molar-refractivity contribution in [2.45, 2.75) is 52.2 Å². The van der Waals surface area contributed by atoms with Gasteiger partial charge in [-0.25, -0.2) is 0 Å². The fourth-order valence-electron chi connectivity index (χ4n) is 2.97. The van der Waals surface area contributed by atoms with Crippen LogP contribution in [0.3, 0.4) is 0 Å². The summed E-state index contributed by atoms with van der Waals surface area (Å²) in [5.74, 6) is -0.0919. The minimum absolute atomic E-state index is 0.0651. The van der Waals surface area contributed by atoms with Crippen LogP contribution in [0.5, 0.6) is 0 Å². The number of nitrogens with two attached hydrogens (primary N) is 1. The normalized spacial score (nSPS) is 16.7. The molecule has 118 valence electrons. The highest BCUT2D eigenvalue weighted by atomic mass is 16.6. The zero-order valence-corrected chi connectivity index (χ0v) is 13.6. The molecule has 4 heteroatoms. The molecule has 0 unspecified atom stereocenters. The first kappa shape index (κ1) is 14.9. The molecule has 22 heavy (non-hydrogen) atoms. The van der Waals surface area contributed by atoms with Gasteiger partial charge in [0.05, 0.1) is 6.42 Å². The summed E-state index contributed by atoms with van der Waals surface area (Å²) in [5, 5.41) is 1.15. The number of nitrogen functional groups attached to an aromatic ring is 1. The molecule has 1 heterocycles. The number of nitrogens with zero attached hydrogens (tertiary/aromatic N) is 1.